The van der Waals surface area contributed by atoms with E-state index < -0.39 is 11.6 Å². The molecular weight excluding hydrogens is 601 g/mol. The zero-order valence-corrected chi connectivity index (χ0v) is 23.5. The number of aromatic nitrogens is 5. The van der Waals surface area contributed by atoms with Crippen molar-refractivity contribution in [1.29, 1.82) is 0 Å². The number of anilines is 2. The third-order valence-electron chi connectivity index (χ3n) is 7.08. The van der Waals surface area contributed by atoms with Gasteiger partial charge in [0.05, 0.1) is 11.7 Å². The number of imidazole rings is 1. The Hall–Kier alpha value is -2.77. The van der Waals surface area contributed by atoms with Crippen LogP contribution in [0.2, 0.25) is 0 Å². The molecule has 1 aromatic carbocycles. The average molecular weight is 630 g/mol. The largest absolute Gasteiger partial charge is 0.316 e. The molecule has 0 unspecified atom stereocenters. The number of hydrogen-bond donors (Lipinski definition) is 1. The van der Waals surface area contributed by atoms with E-state index in [9.17, 15) is 4.39 Å². The van der Waals surface area contributed by atoms with Crippen LogP contribution in [0.25, 0.3) is 22.3 Å². The second-order valence-corrected chi connectivity index (χ2v) is 11.3. The monoisotopic (exact) mass is 630 g/mol. The van der Waals surface area contributed by atoms with Crippen molar-refractivity contribution in [2.75, 3.05) is 39.0 Å². The Bertz CT molecular complexity index is 1500. The highest BCUT2D eigenvalue weighted by molar-refractivity contribution is 14.1. The van der Waals surface area contributed by atoms with Crippen molar-refractivity contribution in [2.24, 2.45) is 0 Å². The van der Waals surface area contributed by atoms with E-state index in [-0.39, 0.29) is 11.6 Å². The number of nitrogens with one attached hydrogen (secondary N) is 1. The highest BCUT2D eigenvalue weighted by Gasteiger charge is 2.29. The lowest BCUT2D eigenvalue weighted by Gasteiger charge is -2.28. The van der Waals surface area contributed by atoms with Crippen molar-refractivity contribution in [1.82, 2.24) is 34.3 Å². The molecule has 0 bridgehead atoms. The molecule has 1 aliphatic carbocycles. The van der Waals surface area contributed by atoms with Crippen molar-refractivity contribution in [3.63, 3.8) is 0 Å². The van der Waals surface area contributed by atoms with Gasteiger partial charge < -0.3 is 14.8 Å². The van der Waals surface area contributed by atoms with Crippen molar-refractivity contribution in [3.8, 4) is 11.3 Å². The second-order valence-electron chi connectivity index (χ2n) is 10.3. The summed E-state index contributed by atoms with van der Waals surface area (Å²) in [6, 6.07) is 7.35. The minimum atomic E-state index is -0.616. The molecule has 1 N–H and O–H groups in total. The summed E-state index contributed by atoms with van der Waals surface area (Å²) in [5.41, 5.74) is 3.62. The molecule has 198 valence electrons. The zero-order chi connectivity index (χ0) is 26.4. The molecule has 8 nitrogen and oxygen atoms in total. The van der Waals surface area contributed by atoms with Gasteiger partial charge in [0.25, 0.3) is 0 Å². The quantitative estimate of drug-likeness (QED) is 0.270. The molecule has 11 heteroatoms. The topological polar surface area (TPSA) is 75.0 Å². The van der Waals surface area contributed by atoms with Crippen LogP contribution in [0.15, 0.2) is 30.5 Å². The molecule has 1 fully saturated rings. The average Bonchev–Trinajstić information content (AvgIpc) is 3.66. The predicted molar refractivity (Wildman–Crippen MR) is 151 cm³/mol. The number of benzene rings is 1. The summed E-state index contributed by atoms with van der Waals surface area (Å²) >= 11 is 2.12. The number of halogens is 3. The van der Waals surface area contributed by atoms with Crippen LogP contribution in [0, 0.1) is 15.5 Å². The van der Waals surface area contributed by atoms with E-state index in [0.717, 1.165) is 67.6 Å². The lowest BCUT2D eigenvalue weighted by Crippen LogP contribution is -2.33. The molecule has 0 saturated heterocycles. The molecule has 2 aliphatic rings. The van der Waals surface area contributed by atoms with Gasteiger partial charge in [-0.05, 0) is 92.8 Å². The van der Waals surface area contributed by atoms with Crippen LogP contribution in [0.5, 0.6) is 0 Å². The molecule has 0 atom stereocenters. The first-order valence-electron chi connectivity index (χ1n) is 12.9. The SMILES string of the molecule is CN(C)CCCN1CCc2nc(Nc3ncc(F)c(-c4cc(F)c5nc(I)n(C6CC6)c5c4)n3)ccc2C1. The minimum absolute atomic E-state index is 0.0354. The fraction of sp³-hybridized carbons (Fsp3) is 0.407. The Morgan fingerprint density at radius 3 is 2.74 bits per heavy atom. The molecule has 6 rings (SSSR count). The third-order valence-corrected chi connectivity index (χ3v) is 7.84. The Morgan fingerprint density at radius 2 is 1.95 bits per heavy atom. The van der Waals surface area contributed by atoms with Crippen LogP contribution in [0.3, 0.4) is 0 Å². The molecule has 1 aliphatic heterocycles. The fourth-order valence-corrected chi connectivity index (χ4v) is 5.93. The van der Waals surface area contributed by atoms with Crippen LogP contribution in [0.4, 0.5) is 20.5 Å². The summed E-state index contributed by atoms with van der Waals surface area (Å²) < 4.78 is 32.6. The molecule has 0 radical (unpaired) electrons. The summed E-state index contributed by atoms with van der Waals surface area (Å²) in [7, 11) is 4.19. The van der Waals surface area contributed by atoms with Gasteiger partial charge in [-0.1, -0.05) is 6.07 Å². The number of fused-ring (bicyclic) bond motifs is 2. The molecule has 0 amide bonds. The van der Waals surface area contributed by atoms with E-state index in [4.69, 9.17) is 4.98 Å². The standard InChI is InChI=1S/C27H29F2IN8/c1-36(2)9-3-10-37-11-8-21-16(15-37)4-7-23(32-21)33-27-31-14-20(29)24(35-27)17-12-19(28)25-22(13-17)38(18-5-6-18)26(30)34-25/h4,7,12-14,18H,3,5-6,8-11,15H2,1-2H3,(H,31,32,33,35). The van der Waals surface area contributed by atoms with E-state index in [2.05, 4.69) is 72.8 Å². The van der Waals surface area contributed by atoms with Crippen molar-refractivity contribution < 1.29 is 8.78 Å². The van der Waals surface area contributed by atoms with Gasteiger partial charge in [0.2, 0.25) is 5.95 Å². The maximum absolute atomic E-state index is 15.0. The first kappa shape index (κ1) is 25.5. The molecule has 0 spiro atoms. The Kier molecular flexibility index (Phi) is 6.99. The highest BCUT2D eigenvalue weighted by atomic mass is 127. The number of nitrogens with zero attached hydrogens (tertiary/aromatic N) is 7. The van der Waals surface area contributed by atoms with Crippen LogP contribution < -0.4 is 5.32 Å². The molecule has 38 heavy (non-hydrogen) atoms. The first-order valence-corrected chi connectivity index (χ1v) is 14.0. The lowest BCUT2D eigenvalue weighted by molar-refractivity contribution is 0.236. The normalized spacial score (nSPS) is 15.8. The Labute approximate surface area is 233 Å². The van der Waals surface area contributed by atoms with E-state index in [0.29, 0.717) is 28.5 Å². The van der Waals surface area contributed by atoms with Crippen LogP contribution in [-0.4, -0.2) is 68.0 Å². The zero-order valence-electron chi connectivity index (χ0n) is 21.4. The molecule has 4 aromatic rings. The van der Waals surface area contributed by atoms with E-state index in [1.54, 1.807) is 6.07 Å². The van der Waals surface area contributed by atoms with Gasteiger partial charge in [0.1, 0.15) is 17.0 Å². The van der Waals surface area contributed by atoms with Gasteiger partial charge in [-0.15, -0.1) is 0 Å². The van der Waals surface area contributed by atoms with Gasteiger partial charge >= 0.3 is 0 Å². The van der Waals surface area contributed by atoms with Crippen LogP contribution in [0.1, 0.15) is 36.6 Å². The van der Waals surface area contributed by atoms with Crippen molar-refractivity contribution in [3.05, 3.63) is 57.2 Å². The van der Waals surface area contributed by atoms with E-state index in [1.165, 1.54) is 11.6 Å². The molecule has 3 aromatic heterocycles. The molecular formula is C27H29F2IN8. The maximum atomic E-state index is 15.0. The van der Waals surface area contributed by atoms with Gasteiger partial charge in [0.15, 0.2) is 15.5 Å². The summed E-state index contributed by atoms with van der Waals surface area (Å²) in [6.07, 6.45) is 5.18. The van der Waals surface area contributed by atoms with Crippen molar-refractivity contribution in [2.45, 2.75) is 38.3 Å². The minimum Gasteiger partial charge on any atom is -0.316 e. The first-order chi connectivity index (χ1) is 18.4. The highest BCUT2D eigenvalue weighted by Crippen LogP contribution is 2.40. The van der Waals surface area contributed by atoms with Gasteiger partial charge in [-0.2, -0.15) is 0 Å². The summed E-state index contributed by atoms with van der Waals surface area (Å²) in [4.78, 5) is 22.4. The van der Waals surface area contributed by atoms with Gasteiger partial charge in [0, 0.05) is 36.8 Å². The summed E-state index contributed by atoms with van der Waals surface area (Å²) in [6.45, 7) is 4.00. The van der Waals surface area contributed by atoms with Crippen LogP contribution in [-0.2, 0) is 13.0 Å². The van der Waals surface area contributed by atoms with E-state index >= 15 is 4.39 Å². The van der Waals surface area contributed by atoms with Gasteiger partial charge in [-0.3, -0.25) is 4.90 Å². The van der Waals surface area contributed by atoms with Crippen molar-refractivity contribution >= 4 is 45.4 Å². The number of hydrogen-bond acceptors (Lipinski definition) is 7. The fourth-order valence-electron chi connectivity index (χ4n) is 5.03. The second kappa shape index (κ2) is 10.4. The lowest BCUT2D eigenvalue weighted by atomic mass is 10.1. The molecule has 1 saturated carbocycles. The number of rotatable bonds is 8. The predicted octanol–water partition coefficient (Wildman–Crippen LogP) is 5.16. The van der Waals surface area contributed by atoms with Gasteiger partial charge in [-0.25, -0.2) is 28.7 Å². The van der Waals surface area contributed by atoms with E-state index in [1.807, 2.05) is 10.6 Å². The Balaban J connectivity index is 1.23. The maximum Gasteiger partial charge on any atom is 0.229 e. The third kappa shape index (κ3) is 5.23. The molecule has 4 heterocycles. The summed E-state index contributed by atoms with van der Waals surface area (Å²) in [5, 5.41) is 3.11. The number of pyridine rings is 1. The smallest absolute Gasteiger partial charge is 0.229 e. The summed E-state index contributed by atoms with van der Waals surface area (Å²) in [5.74, 6) is -0.296. The Morgan fingerprint density at radius 1 is 1.11 bits per heavy atom. The van der Waals surface area contributed by atoms with Crippen LogP contribution >= 0.6 is 22.6 Å².